The van der Waals surface area contributed by atoms with Crippen LogP contribution in [-0.2, 0) is 4.84 Å². The van der Waals surface area contributed by atoms with Crippen LogP contribution in [0.3, 0.4) is 0 Å². The van der Waals surface area contributed by atoms with Crippen LogP contribution in [0.4, 0.5) is 10.8 Å². The van der Waals surface area contributed by atoms with Gasteiger partial charge in [-0.15, -0.1) is 11.3 Å². The Labute approximate surface area is 124 Å². The largest absolute Gasteiger partial charge is 0.383 e. The molecule has 0 atom stereocenters. The first-order chi connectivity index (χ1) is 10.2. The zero-order valence-electron chi connectivity index (χ0n) is 11.4. The van der Waals surface area contributed by atoms with E-state index in [4.69, 9.17) is 4.84 Å². The van der Waals surface area contributed by atoms with Crippen molar-refractivity contribution in [2.24, 2.45) is 0 Å². The Bertz CT molecular complexity index is 791. The fraction of sp³-hybridized carbons (Fsp3) is 0.231. The van der Waals surface area contributed by atoms with Gasteiger partial charge in [-0.05, 0) is 25.1 Å². The van der Waals surface area contributed by atoms with Crippen LogP contribution in [0.1, 0.15) is 4.88 Å². The number of hydrogen-bond donors (Lipinski definition) is 4. The highest BCUT2D eigenvalue weighted by molar-refractivity contribution is 7.15. The Morgan fingerprint density at radius 1 is 1.38 bits per heavy atom. The molecule has 0 fully saturated rings. The quantitative estimate of drug-likeness (QED) is 0.413. The molecular weight excluding hydrogens is 290 g/mol. The summed E-state index contributed by atoms with van der Waals surface area (Å²) in [6, 6.07) is 5.53. The maximum absolute atomic E-state index is 11.4. The van der Waals surface area contributed by atoms with E-state index in [1.54, 1.807) is 23.6 Å². The van der Waals surface area contributed by atoms with E-state index >= 15 is 0 Å². The van der Waals surface area contributed by atoms with Gasteiger partial charge in [0.15, 0.2) is 0 Å². The second-order valence-electron chi connectivity index (χ2n) is 4.49. The van der Waals surface area contributed by atoms with Crippen LogP contribution < -0.4 is 16.4 Å². The maximum Gasteiger partial charge on any atom is 0.271 e. The zero-order valence-corrected chi connectivity index (χ0v) is 12.2. The molecule has 0 aliphatic carbocycles. The molecule has 0 aliphatic rings. The molecule has 3 rings (SSSR count). The highest BCUT2D eigenvalue weighted by Crippen LogP contribution is 2.16. The second kappa shape index (κ2) is 5.98. The standard InChI is InChI=1S/C13H15N5O2S/c1-8-7-15-13(21-8)18-20-5-4-14-9-2-3-10-11(6-9)16-17-12(10)19/h2-3,6-7,14H,4-5H2,1H3,(H,15,18)(H2,16,17,19). The SMILES string of the molecule is Cc1cnc(NOCCNc2ccc3c(=O)[nH][nH]c3c2)s1. The topological polar surface area (TPSA) is 94.8 Å². The normalized spacial score (nSPS) is 10.9. The molecule has 0 saturated carbocycles. The molecule has 0 bridgehead atoms. The lowest BCUT2D eigenvalue weighted by Gasteiger charge is -2.07. The smallest absolute Gasteiger partial charge is 0.271 e. The minimum absolute atomic E-state index is 0.108. The minimum atomic E-state index is -0.108. The van der Waals surface area contributed by atoms with Crippen molar-refractivity contribution in [3.63, 3.8) is 0 Å². The Hall–Kier alpha value is -2.32. The summed E-state index contributed by atoms with van der Waals surface area (Å²) in [4.78, 5) is 22.0. The number of aromatic nitrogens is 3. The number of nitrogens with one attached hydrogen (secondary N) is 4. The van der Waals surface area contributed by atoms with Gasteiger partial charge in [-0.2, -0.15) is 0 Å². The number of aryl methyl sites for hydroxylation is 1. The lowest BCUT2D eigenvalue weighted by Crippen LogP contribution is -2.12. The van der Waals surface area contributed by atoms with E-state index in [0.29, 0.717) is 18.5 Å². The summed E-state index contributed by atoms with van der Waals surface area (Å²) >= 11 is 1.54. The highest BCUT2D eigenvalue weighted by atomic mass is 32.1. The molecule has 0 saturated heterocycles. The Balaban J connectivity index is 1.47. The molecular formula is C13H15N5O2S. The predicted octanol–water partition coefficient (Wildman–Crippen LogP) is 2.08. The summed E-state index contributed by atoms with van der Waals surface area (Å²) in [5.41, 5.74) is 4.39. The molecule has 2 heterocycles. The lowest BCUT2D eigenvalue weighted by atomic mass is 10.2. The van der Waals surface area contributed by atoms with E-state index < -0.39 is 0 Å². The number of thiazole rings is 1. The zero-order chi connectivity index (χ0) is 14.7. The summed E-state index contributed by atoms with van der Waals surface area (Å²) in [6.45, 7) is 3.11. The van der Waals surface area contributed by atoms with Crippen LogP contribution >= 0.6 is 11.3 Å². The molecule has 1 aromatic carbocycles. The van der Waals surface area contributed by atoms with Crippen molar-refractivity contribution in [2.75, 3.05) is 23.9 Å². The van der Waals surface area contributed by atoms with Gasteiger partial charge in [-0.1, -0.05) is 0 Å². The first kappa shape index (κ1) is 13.7. The van der Waals surface area contributed by atoms with Crippen molar-refractivity contribution in [2.45, 2.75) is 6.92 Å². The van der Waals surface area contributed by atoms with Crippen molar-refractivity contribution in [1.82, 2.24) is 15.2 Å². The highest BCUT2D eigenvalue weighted by Gasteiger charge is 2.01. The van der Waals surface area contributed by atoms with Gasteiger partial charge >= 0.3 is 0 Å². The number of rotatable bonds is 6. The molecule has 2 aromatic heterocycles. The monoisotopic (exact) mass is 305 g/mol. The van der Waals surface area contributed by atoms with Crippen molar-refractivity contribution in [3.05, 3.63) is 39.6 Å². The second-order valence-corrected chi connectivity index (χ2v) is 5.73. The molecule has 110 valence electrons. The molecule has 4 N–H and O–H groups in total. The van der Waals surface area contributed by atoms with E-state index in [9.17, 15) is 4.79 Å². The number of fused-ring (bicyclic) bond motifs is 1. The van der Waals surface area contributed by atoms with E-state index in [0.717, 1.165) is 21.2 Å². The molecule has 21 heavy (non-hydrogen) atoms. The molecule has 0 spiro atoms. The minimum Gasteiger partial charge on any atom is -0.383 e. The van der Waals surface area contributed by atoms with Gasteiger partial charge in [0, 0.05) is 23.3 Å². The van der Waals surface area contributed by atoms with Gasteiger partial charge in [0.05, 0.1) is 17.5 Å². The third-order valence-corrected chi connectivity index (χ3v) is 3.70. The van der Waals surface area contributed by atoms with Crippen molar-refractivity contribution < 1.29 is 4.84 Å². The maximum atomic E-state index is 11.4. The number of benzene rings is 1. The summed E-state index contributed by atoms with van der Waals surface area (Å²) < 4.78 is 0. The predicted molar refractivity (Wildman–Crippen MR) is 83.8 cm³/mol. The van der Waals surface area contributed by atoms with Crippen molar-refractivity contribution in [3.8, 4) is 0 Å². The van der Waals surface area contributed by atoms with Crippen LogP contribution in [-0.4, -0.2) is 28.3 Å². The molecule has 8 heteroatoms. The number of H-pyrrole nitrogens is 2. The van der Waals surface area contributed by atoms with Crippen LogP contribution in [0.15, 0.2) is 29.2 Å². The number of hydrogen-bond acceptors (Lipinski definition) is 6. The van der Waals surface area contributed by atoms with E-state index in [1.807, 2.05) is 19.1 Å². The van der Waals surface area contributed by atoms with Crippen LogP contribution in [0.2, 0.25) is 0 Å². The van der Waals surface area contributed by atoms with Crippen molar-refractivity contribution in [1.29, 1.82) is 0 Å². The van der Waals surface area contributed by atoms with Crippen LogP contribution in [0, 0.1) is 6.92 Å². The summed E-state index contributed by atoms with van der Waals surface area (Å²) in [7, 11) is 0. The Morgan fingerprint density at radius 3 is 3.10 bits per heavy atom. The summed E-state index contributed by atoms with van der Waals surface area (Å²) in [6.07, 6.45) is 1.79. The van der Waals surface area contributed by atoms with Crippen LogP contribution in [0.25, 0.3) is 10.9 Å². The first-order valence-electron chi connectivity index (χ1n) is 6.47. The van der Waals surface area contributed by atoms with Gasteiger partial charge in [-0.25, -0.2) is 10.5 Å². The van der Waals surface area contributed by atoms with Gasteiger partial charge in [-0.3, -0.25) is 19.8 Å². The van der Waals surface area contributed by atoms with Crippen molar-refractivity contribution >= 4 is 33.1 Å². The third-order valence-electron chi connectivity index (χ3n) is 2.89. The van der Waals surface area contributed by atoms with Gasteiger partial charge in [0.2, 0.25) is 5.13 Å². The van der Waals surface area contributed by atoms with Gasteiger partial charge < -0.3 is 5.32 Å². The van der Waals surface area contributed by atoms with E-state index in [2.05, 4.69) is 26.0 Å². The number of nitrogens with zero attached hydrogens (tertiary/aromatic N) is 1. The fourth-order valence-electron chi connectivity index (χ4n) is 1.91. The molecule has 3 aromatic rings. The lowest BCUT2D eigenvalue weighted by molar-refractivity contribution is 0.205. The number of anilines is 2. The summed E-state index contributed by atoms with van der Waals surface area (Å²) in [5, 5.41) is 10.00. The fourth-order valence-corrected chi connectivity index (χ4v) is 2.52. The summed E-state index contributed by atoms with van der Waals surface area (Å²) in [5.74, 6) is 0. The van der Waals surface area contributed by atoms with Crippen LogP contribution in [0.5, 0.6) is 0 Å². The average molecular weight is 305 g/mol. The van der Waals surface area contributed by atoms with E-state index in [1.165, 1.54) is 0 Å². The molecule has 0 unspecified atom stereocenters. The van der Waals surface area contributed by atoms with Gasteiger partial charge in [0.1, 0.15) is 0 Å². The molecule has 0 amide bonds. The first-order valence-corrected chi connectivity index (χ1v) is 7.28. The molecule has 0 radical (unpaired) electrons. The van der Waals surface area contributed by atoms with Gasteiger partial charge in [0.25, 0.3) is 5.56 Å². The third kappa shape index (κ3) is 3.23. The molecule has 7 nitrogen and oxygen atoms in total. The van der Waals surface area contributed by atoms with E-state index in [-0.39, 0.29) is 5.56 Å². The molecule has 0 aliphatic heterocycles. The Kier molecular flexibility index (Phi) is 3.89. The average Bonchev–Trinajstić information content (AvgIpc) is 3.05. The number of aromatic amines is 2. The Morgan fingerprint density at radius 2 is 2.29 bits per heavy atom.